The SMILES string of the molecule is CSc1cccc(OCc2cccc(Cl)c2)c1C(=O)O. The van der Waals surface area contributed by atoms with Gasteiger partial charge in [0.1, 0.15) is 17.9 Å². The summed E-state index contributed by atoms with van der Waals surface area (Å²) in [6.45, 7) is 0.276. The van der Waals surface area contributed by atoms with Gasteiger partial charge in [0.2, 0.25) is 0 Å². The van der Waals surface area contributed by atoms with Crippen LogP contribution in [0.5, 0.6) is 5.75 Å². The highest BCUT2D eigenvalue weighted by Gasteiger charge is 2.16. The smallest absolute Gasteiger partial charge is 0.340 e. The van der Waals surface area contributed by atoms with Gasteiger partial charge in [0, 0.05) is 9.92 Å². The summed E-state index contributed by atoms with van der Waals surface area (Å²) >= 11 is 7.28. The molecular weight excluding hydrogens is 296 g/mol. The lowest BCUT2D eigenvalue weighted by Gasteiger charge is -2.11. The van der Waals surface area contributed by atoms with E-state index in [-0.39, 0.29) is 12.2 Å². The van der Waals surface area contributed by atoms with E-state index in [2.05, 4.69) is 0 Å². The highest BCUT2D eigenvalue weighted by Crippen LogP contribution is 2.29. The van der Waals surface area contributed by atoms with Gasteiger partial charge >= 0.3 is 5.97 Å². The summed E-state index contributed by atoms with van der Waals surface area (Å²) in [5, 5.41) is 9.93. The van der Waals surface area contributed by atoms with E-state index in [1.54, 1.807) is 30.3 Å². The van der Waals surface area contributed by atoms with Gasteiger partial charge in [-0.3, -0.25) is 0 Å². The number of thioether (sulfide) groups is 1. The van der Waals surface area contributed by atoms with E-state index in [9.17, 15) is 9.90 Å². The molecule has 0 saturated carbocycles. The number of aromatic carboxylic acids is 1. The van der Waals surface area contributed by atoms with E-state index in [0.717, 1.165) is 5.56 Å². The summed E-state index contributed by atoms with van der Waals surface area (Å²) < 4.78 is 5.63. The van der Waals surface area contributed by atoms with E-state index >= 15 is 0 Å². The largest absolute Gasteiger partial charge is 0.488 e. The maximum atomic E-state index is 11.4. The fraction of sp³-hybridized carbons (Fsp3) is 0.133. The predicted molar refractivity (Wildman–Crippen MR) is 81.0 cm³/mol. The molecule has 5 heteroatoms. The van der Waals surface area contributed by atoms with E-state index < -0.39 is 5.97 Å². The van der Waals surface area contributed by atoms with Gasteiger partial charge in [-0.15, -0.1) is 11.8 Å². The van der Waals surface area contributed by atoms with Crippen LogP contribution in [0.25, 0.3) is 0 Å². The molecule has 0 aromatic heterocycles. The second kappa shape index (κ2) is 6.68. The summed E-state index contributed by atoms with van der Waals surface area (Å²) in [4.78, 5) is 12.0. The van der Waals surface area contributed by atoms with Crippen molar-refractivity contribution in [2.45, 2.75) is 11.5 Å². The van der Waals surface area contributed by atoms with Crippen LogP contribution in [0.2, 0.25) is 5.02 Å². The van der Waals surface area contributed by atoms with Crippen molar-refractivity contribution >= 4 is 29.3 Å². The molecule has 2 aromatic rings. The number of carboxylic acids is 1. The van der Waals surface area contributed by atoms with Crippen LogP contribution in [-0.2, 0) is 6.61 Å². The highest BCUT2D eigenvalue weighted by atomic mass is 35.5. The zero-order valence-electron chi connectivity index (χ0n) is 10.8. The molecule has 1 N–H and O–H groups in total. The standard InChI is InChI=1S/C15H13ClO3S/c1-20-13-7-3-6-12(14(13)15(17)18)19-9-10-4-2-5-11(16)8-10/h2-8H,9H2,1H3,(H,17,18). The molecule has 0 bridgehead atoms. The topological polar surface area (TPSA) is 46.5 Å². The first-order chi connectivity index (χ1) is 9.61. The minimum Gasteiger partial charge on any atom is -0.488 e. The Kier molecular flexibility index (Phi) is 4.93. The molecule has 0 aliphatic carbocycles. The van der Waals surface area contributed by atoms with Crippen LogP contribution in [0.4, 0.5) is 0 Å². The molecule has 2 aromatic carbocycles. The number of rotatable bonds is 5. The van der Waals surface area contributed by atoms with Crippen molar-refractivity contribution in [2.24, 2.45) is 0 Å². The minimum atomic E-state index is -0.990. The Labute approximate surface area is 126 Å². The molecule has 0 fully saturated rings. The first-order valence-electron chi connectivity index (χ1n) is 5.89. The Morgan fingerprint density at radius 3 is 2.70 bits per heavy atom. The molecule has 0 radical (unpaired) electrons. The number of carboxylic acid groups (broad SMARTS) is 1. The first-order valence-corrected chi connectivity index (χ1v) is 7.49. The van der Waals surface area contributed by atoms with E-state index in [4.69, 9.17) is 16.3 Å². The third-order valence-corrected chi connectivity index (χ3v) is 3.72. The quantitative estimate of drug-likeness (QED) is 0.835. The highest BCUT2D eigenvalue weighted by molar-refractivity contribution is 7.98. The summed E-state index contributed by atoms with van der Waals surface area (Å²) in [5.74, 6) is -0.625. The van der Waals surface area contributed by atoms with Crippen molar-refractivity contribution in [3.8, 4) is 5.75 Å². The summed E-state index contributed by atoms with van der Waals surface area (Å²) in [5.41, 5.74) is 1.09. The zero-order valence-corrected chi connectivity index (χ0v) is 12.4. The van der Waals surface area contributed by atoms with Crippen molar-refractivity contribution in [1.29, 1.82) is 0 Å². The number of hydrogen-bond donors (Lipinski definition) is 1. The second-order valence-corrected chi connectivity index (χ2v) is 5.34. The average Bonchev–Trinajstić information content (AvgIpc) is 2.44. The molecule has 104 valence electrons. The maximum absolute atomic E-state index is 11.4. The second-order valence-electron chi connectivity index (χ2n) is 4.06. The molecule has 3 nitrogen and oxygen atoms in total. The van der Waals surface area contributed by atoms with Gasteiger partial charge in [0.05, 0.1) is 0 Å². The van der Waals surface area contributed by atoms with Crippen molar-refractivity contribution in [2.75, 3.05) is 6.26 Å². The molecule has 0 atom stereocenters. The minimum absolute atomic E-state index is 0.196. The van der Waals surface area contributed by atoms with Crippen molar-refractivity contribution in [3.05, 3.63) is 58.6 Å². The van der Waals surface area contributed by atoms with Gasteiger partial charge < -0.3 is 9.84 Å². The Balaban J connectivity index is 2.23. The van der Waals surface area contributed by atoms with Gasteiger partial charge in [0.25, 0.3) is 0 Å². The van der Waals surface area contributed by atoms with Crippen LogP contribution < -0.4 is 4.74 Å². The average molecular weight is 309 g/mol. The number of benzene rings is 2. The number of halogens is 1. The van der Waals surface area contributed by atoms with Crippen molar-refractivity contribution in [1.82, 2.24) is 0 Å². The summed E-state index contributed by atoms with van der Waals surface area (Å²) in [7, 11) is 0. The molecule has 0 saturated heterocycles. The van der Waals surface area contributed by atoms with Crippen LogP contribution in [0.15, 0.2) is 47.4 Å². The van der Waals surface area contributed by atoms with Crippen LogP contribution in [0, 0.1) is 0 Å². The Morgan fingerprint density at radius 2 is 2.05 bits per heavy atom. The van der Waals surface area contributed by atoms with Crippen LogP contribution in [0.3, 0.4) is 0 Å². The molecular formula is C15H13ClO3S. The maximum Gasteiger partial charge on any atom is 0.340 e. The Hall–Kier alpha value is -1.65. The molecule has 0 aliphatic rings. The molecule has 0 aliphatic heterocycles. The third kappa shape index (κ3) is 3.46. The van der Waals surface area contributed by atoms with Crippen LogP contribution >= 0.6 is 23.4 Å². The normalized spacial score (nSPS) is 10.3. The van der Waals surface area contributed by atoms with Crippen molar-refractivity contribution in [3.63, 3.8) is 0 Å². The molecule has 20 heavy (non-hydrogen) atoms. The van der Waals surface area contributed by atoms with Gasteiger partial charge in [-0.1, -0.05) is 29.8 Å². The molecule has 0 spiro atoms. The zero-order chi connectivity index (χ0) is 14.5. The van der Waals surface area contributed by atoms with E-state index in [1.165, 1.54) is 11.8 Å². The van der Waals surface area contributed by atoms with Gasteiger partial charge in [0.15, 0.2) is 0 Å². The summed E-state index contributed by atoms with van der Waals surface area (Å²) in [6, 6.07) is 12.5. The van der Waals surface area contributed by atoms with E-state index in [0.29, 0.717) is 15.7 Å². The fourth-order valence-corrected chi connectivity index (χ4v) is 2.62. The molecule has 0 amide bonds. The Bertz CT molecular complexity index is 628. The Morgan fingerprint density at radius 1 is 1.30 bits per heavy atom. The van der Waals surface area contributed by atoms with Gasteiger partial charge in [-0.05, 0) is 36.1 Å². The van der Waals surface area contributed by atoms with Crippen LogP contribution in [0.1, 0.15) is 15.9 Å². The molecule has 2 rings (SSSR count). The predicted octanol–water partition coefficient (Wildman–Crippen LogP) is 4.34. The lowest BCUT2D eigenvalue weighted by atomic mass is 10.2. The number of carbonyl (C=O) groups is 1. The van der Waals surface area contributed by atoms with E-state index in [1.807, 2.05) is 18.4 Å². The number of hydrogen-bond acceptors (Lipinski definition) is 3. The lowest BCUT2D eigenvalue weighted by Crippen LogP contribution is -2.05. The number of ether oxygens (including phenoxy) is 1. The van der Waals surface area contributed by atoms with Gasteiger partial charge in [-0.25, -0.2) is 4.79 Å². The van der Waals surface area contributed by atoms with Crippen LogP contribution in [-0.4, -0.2) is 17.3 Å². The summed E-state index contributed by atoms with van der Waals surface area (Å²) in [6.07, 6.45) is 1.84. The molecule has 0 heterocycles. The fourth-order valence-electron chi connectivity index (χ4n) is 1.80. The van der Waals surface area contributed by atoms with Crippen molar-refractivity contribution < 1.29 is 14.6 Å². The lowest BCUT2D eigenvalue weighted by molar-refractivity contribution is 0.0687. The molecule has 0 unspecified atom stereocenters. The first kappa shape index (κ1) is 14.8. The third-order valence-electron chi connectivity index (χ3n) is 2.71. The monoisotopic (exact) mass is 308 g/mol. The van der Waals surface area contributed by atoms with Gasteiger partial charge in [-0.2, -0.15) is 0 Å².